The molecule has 1 atom stereocenters. The summed E-state index contributed by atoms with van der Waals surface area (Å²) in [5, 5.41) is 14.9. The first-order chi connectivity index (χ1) is 11.6. The van der Waals surface area contributed by atoms with Crippen molar-refractivity contribution in [3.05, 3.63) is 46.5 Å². The van der Waals surface area contributed by atoms with Gasteiger partial charge in [-0.05, 0) is 37.6 Å². The van der Waals surface area contributed by atoms with Crippen molar-refractivity contribution in [2.75, 3.05) is 0 Å². The van der Waals surface area contributed by atoms with Crippen molar-refractivity contribution in [1.29, 1.82) is 0 Å². The number of thioether (sulfide) groups is 1. The van der Waals surface area contributed by atoms with Crippen LogP contribution in [0.25, 0.3) is 11.5 Å². The average molecular weight is 349 g/mol. The third-order valence-corrected chi connectivity index (χ3v) is 4.41. The Hall–Kier alpha value is -2.42. The summed E-state index contributed by atoms with van der Waals surface area (Å²) < 4.78 is 20.2. The predicted octanol–water partition coefficient (Wildman–Crippen LogP) is 3.02. The zero-order valence-electron chi connectivity index (χ0n) is 13.2. The molecule has 0 radical (unpaired) electrons. The molecule has 0 bridgehead atoms. The molecule has 0 saturated heterocycles. The largest absolute Gasteiger partial charge is 0.419 e. The van der Waals surface area contributed by atoms with Crippen LogP contribution in [0.4, 0.5) is 4.39 Å². The van der Waals surface area contributed by atoms with Gasteiger partial charge in [0.05, 0.1) is 5.25 Å². The van der Waals surface area contributed by atoms with E-state index in [4.69, 9.17) is 4.42 Å². The number of rotatable bonds is 6. The summed E-state index contributed by atoms with van der Waals surface area (Å²) in [6, 6.07) is 5.84. The summed E-state index contributed by atoms with van der Waals surface area (Å²) in [6.07, 6.45) is 0.830. The molecule has 3 aromatic rings. The molecule has 0 amide bonds. The Labute approximate surface area is 141 Å². The Morgan fingerprint density at radius 3 is 2.79 bits per heavy atom. The molecule has 9 heteroatoms. The van der Waals surface area contributed by atoms with Crippen LogP contribution in [0.1, 0.15) is 31.4 Å². The number of aromatic nitrogens is 5. The summed E-state index contributed by atoms with van der Waals surface area (Å²) in [6.45, 7) is 4.47. The van der Waals surface area contributed by atoms with E-state index in [1.54, 1.807) is 16.7 Å². The highest BCUT2D eigenvalue weighted by Crippen LogP contribution is 2.33. The Bertz CT molecular complexity index is 871. The lowest BCUT2D eigenvalue weighted by Crippen LogP contribution is -2.17. The van der Waals surface area contributed by atoms with Gasteiger partial charge in [-0.25, -0.2) is 14.3 Å². The van der Waals surface area contributed by atoms with E-state index in [9.17, 15) is 9.18 Å². The van der Waals surface area contributed by atoms with Gasteiger partial charge in [-0.3, -0.25) is 4.57 Å². The zero-order chi connectivity index (χ0) is 17.1. The van der Waals surface area contributed by atoms with Crippen LogP contribution in [0, 0.1) is 5.82 Å². The molecule has 0 spiro atoms. The molecule has 0 unspecified atom stereocenters. The second-order valence-electron chi connectivity index (χ2n) is 5.18. The first-order valence-electron chi connectivity index (χ1n) is 7.49. The van der Waals surface area contributed by atoms with Crippen molar-refractivity contribution in [2.45, 2.75) is 37.2 Å². The van der Waals surface area contributed by atoms with Crippen LogP contribution in [-0.4, -0.2) is 25.0 Å². The van der Waals surface area contributed by atoms with E-state index in [0.717, 1.165) is 6.42 Å². The van der Waals surface area contributed by atoms with Crippen LogP contribution in [0.3, 0.4) is 0 Å². The SMILES string of the molecule is CCCn1c(S[C@@H](C)c2nnc(-c3ccc(F)cc3)o2)n[nH]c1=O. The molecule has 3 rings (SSSR count). The van der Waals surface area contributed by atoms with E-state index in [1.165, 1.54) is 23.9 Å². The summed E-state index contributed by atoms with van der Waals surface area (Å²) in [5.74, 6) is 0.415. The fraction of sp³-hybridized carbons (Fsp3) is 0.333. The first-order valence-corrected chi connectivity index (χ1v) is 8.37. The highest BCUT2D eigenvalue weighted by atomic mass is 32.2. The topological polar surface area (TPSA) is 89.6 Å². The Kier molecular flexibility index (Phi) is 4.79. The Balaban J connectivity index is 1.78. The van der Waals surface area contributed by atoms with E-state index in [0.29, 0.717) is 29.0 Å². The lowest BCUT2D eigenvalue weighted by atomic mass is 10.2. The Morgan fingerprint density at radius 2 is 2.08 bits per heavy atom. The number of benzene rings is 1. The smallest absolute Gasteiger partial charge is 0.343 e. The van der Waals surface area contributed by atoms with Crippen molar-refractivity contribution in [3.63, 3.8) is 0 Å². The molecule has 2 heterocycles. The van der Waals surface area contributed by atoms with Gasteiger partial charge < -0.3 is 4.42 Å². The maximum Gasteiger partial charge on any atom is 0.343 e. The number of hydrogen-bond donors (Lipinski definition) is 1. The highest BCUT2D eigenvalue weighted by Gasteiger charge is 2.19. The molecule has 0 aliphatic heterocycles. The summed E-state index contributed by atoms with van der Waals surface area (Å²) in [4.78, 5) is 11.7. The number of nitrogens with one attached hydrogen (secondary N) is 1. The molecule has 0 aliphatic carbocycles. The quantitative estimate of drug-likeness (QED) is 0.688. The third kappa shape index (κ3) is 3.40. The second kappa shape index (κ2) is 7.00. The lowest BCUT2D eigenvalue weighted by molar-refractivity contribution is 0.508. The molecular weight excluding hydrogens is 333 g/mol. The first kappa shape index (κ1) is 16.4. The van der Waals surface area contributed by atoms with E-state index >= 15 is 0 Å². The molecular formula is C15H16FN5O2S. The number of halogens is 1. The molecule has 0 saturated carbocycles. The minimum Gasteiger partial charge on any atom is -0.419 e. The van der Waals surface area contributed by atoms with Crippen LogP contribution >= 0.6 is 11.8 Å². The lowest BCUT2D eigenvalue weighted by Gasteiger charge is -2.07. The molecule has 126 valence electrons. The minimum absolute atomic E-state index is 0.183. The van der Waals surface area contributed by atoms with Crippen LogP contribution in [0.2, 0.25) is 0 Å². The van der Waals surface area contributed by atoms with Crippen molar-refractivity contribution >= 4 is 11.8 Å². The summed E-state index contributed by atoms with van der Waals surface area (Å²) in [5.41, 5.74) is 0.416. The van der Waals surface area contributed by atoms with Crippen molar-refractivity contribution < 1.29 is 8.81 Å². The average Bonchev–Trinajstić information content (AvgIpc) is 3.18. The Morgan fingerprint density at radius 1 is 1.33 bits per heavy atom. The van der Waals surface area contributed by atoms with Gasteiger partial charge in [-0.15, -0.1) is 15.3 Å². The van der Waals surface area contributed by atoms with Crippen LogP contribution in [0.5, 0.6) is 0 Å². The van der Waals surface area contributed by atoms with Gasteiger partial charge in [0.2, 0.25) is 11.8 Å². The van der Waals surface area contributed by atoms with Gasteiger partial charge in [0.15, 0.2) is 5.16 Å². The number of H-pyrrole nitrogens is 1. The molecule has 2 aromatic heterocycles. The van der Waals surface area contributed by atoms with Crippen molar-refractivity contribution in [1.82, 2.24) is 25.0 Å². The van der Waals surface area contributed by atoms with Gasteiger partial charge in [-0.2, -0.15) is 0 Å². The maximum absolute atomic E-state index is 13.0. The maximum atomic E-state index is 13.0. The van der Waals surface area contributed by atoms with E-state index in [2.05, 4.69) is 20.4 Å². The summed E-state index contributed by atoms with van der Waals surface area (Å²) >= 11 is 1.36. The number of aromatic amines is 1. The molecule has 0 fully saturated rings. The molecule has 1 N–H and O–H groups in total. The fourth-order valence-electron chi connectivity index (χ4n) is 2.13. The molecule has 1 aromatic carbocycles. The van der Waals surface area contributed by atoms with E-state index in [-0.39, 0.29) is 16.8 Å². The fourth-order valence-corrected chi connectivity index (χ4v) is 3.04. The highest BCUT2D eigenvalue weighted by molar-refractivity contribution is 7.99. The van der Waals surface area contributed by atoms with E-state index < -0.39 is 0 Å². The standard InChI is InChI=1S/C15H16FN5O2S/c1-3-8-21-14(22)19-20-15(21)24-9(2)12-17-18-13(23-12)10-4-6-11(16)7-5-10/h4-7,9H,3,8H2,1-2H3,(H,19,22)/t9-/m0/s1. The van der Waals surface area contributed by atoms with E-state index in [1.807, 2.05) is 13.8 Å². The monoisotopic (exact) mass is 349 g/mol. The second-order valence-corrected chi connectivity index (χ2v) is 6.48. The van der Waals surface area contributed by atoms with Crippen LogP contribution in [-0.2, 0) is 6.54 Å². The molecule has 7 nitrogen and oxygen atoms in total. The van der Waals surface area contributed by atoms with Crippen LogP contribution < -0.4 is 5.69 Å². The molecule has 0 aliphatic rings. The van der Waals surface area contributed by atoms with Crippen molar-refractivity contribution in [2.24, 2.45) is 0 Å². The van der Waals surface area contributed by atoms with Gasteiger partial charge in [-0.1, -0.05) is 18.7 Å². The predicted molar refractivity (Wildman–Crippen MR) is 87.1 cm³/mol. The normalized spacial score (nSPS) is 12.5. The number of hydrogen-bond acceptors (Lipinski definition) is 6. The minimum atomic E-state index is -0.324. The van der Waals surface area contributed by atoms with Gasteiger partial charge in [0, 0.05) is 12.1 Å². The van der Waals surface area contributed by atoms with Gasteiger partial charge >= 0.3 is 5.69 Å². The van der Waals surface area contributed by atoms with Gasteiger partial charge in [0.1, 0.15) is 5.82 Å². The summed E-state index contributed by atoms with van der Waals surface area (Å²) in [7, 11) is 0. The van der Waals surface area contributed by atoms with Crippen LogP contribution in [0.15, 0.2) is 38.6 Å². The van der Waals surface area contributed by atoms with Crippen molar-refractivity contribution in [3.8, 4) is 11.5 Å². The number of nitrogens with zero attached hydrogens (tertiary/aromatic N) is 4. The molecule has 24 heavy (non-hydrogen) atoms. The zero-order valence-corrected chi connectivity index (χ0v) is 14.0. The van der Waals surface area contributed by atoms with Gasteiger partial charge in [0.25, 0.3) is 0 Å². The third-order valence-electron chi connectivity index (χ3n) is 3.33.